The number of carbonyl (C=O) groups is 3. The summed E-state index contributed by atoms with van der Waals surface area (Å²) in [6.07, 6.45) is 3.67. The number of benzene rings is 3. The van der Waals surface area contributed by atoms with Crippen LogP contribution in [0.15, 0.2) is 78.0 Å². The summed E-state index contributed by atoms with van der Waals surface area (Å²) < 4.78 is 7.15. The molecule has 1 aromatic heterocycles. The summed E-state index contributed by atoms with van der Waals surface area (Å²) in [4.78, 5) is 45.6. The van der Waals surface area contributed by atoms with Crippen LogP contribution < -0.4 is 16.5 Å². The van der Waals surface area contributed by atoms with Crippen molar-refractivity contribution in [3.05, 3.63) is 101 Å². The minimum atomic E-state index is -1.12. The predicted octanol–water partition coefficient (Wildman–Crippen LogP) is 3.86. The minimum absolute atomic E-state index is 0.170. The molecule has 0 spiro atoms. The number of unbranched alkanes of at least 4 members (excludes halogenated alkanes) is 1. The molecule has 0 saturated carbocycles. The number of aryl methyl sites for hydroxylation is 3. The van der Waals surface area contributed by atoms with Crippen molar-refractivity contribution in [1.29, 1.82) is 0 Å². The van der Waals surface area contributed by atoms with Crippen molar-refractivity contribution >= 4 is 35.2 Å². The monoisotopic (exact) mass is 600 g/mol. The van der Waals surface area contributed by atoms with Gasteiger partial charge < -0.3 is 30.0 Å². The van der Waals surface area contributed by atoms with Crippen molar-refractivity contribution in [3.8, 4) is 0 Å². The minimum Gasteiger partial charge on any atom is -0.480 e. The van der Waals surface area contributed by atoms with Crippen LogP contribution in [0, 0.1) is 0 Å². The molecule has 0 aliphatic rings. The number of aliphatic carboxylic acids is 1. The quantitative estimate of drug-likeness (QED) is 0.0905. The number of amides is 2. The van der Waals surface area contributed by atoms with E-state index >= 15 is 0 Å². The third-order valence-electron chi connectivity index (χ3n) is 7.12. The zero-order valence-electron chi connectivity index (χ0n) is 24.4. The van der Waals surface area contributed by atoms with E-state index in [2.05, 4.69) is 20.7 Å². The van der Waals surface area contributed by atoms with Gasteiger partial charge in [0.1, 0.15) is 18.5 Å². The van der Waals surface area contributed by atoms with Gasteiger partial charge in [0.25, 0.3) is 5.91 Å². The van der Waals surface area contributed by atoms with Gasteiger partial charge in [-0.3, -0.25) is 4.79 Å². The van der Waals surface area contributed by atoms with Crippen LogP contribution in [0.2, 0.25) is 0 Å². The first-order chi connectivity index (χ1) is 21.3. The van der Waals surface area contributed by atoms with E-state index in [0.717, 1.165) is 34.5 Å². The third kappa shape index (κ3) is 9.13. The second-order valence-corrected chi connectivity index (χ2v) is 10.2. The first-order valence-corrected chi connectivity index (χ1v) is 14.3. The molecule has 0 aliphatic heterocycles. The Morgan fingerprint density at radius 2 is 1.80 bits per heavy atom. The van der Waals surface area contributed by atoms with E-state index in [1.54, 1.807) is 12.1 Å². The van der Waals surface area contributed by atoms with Crippen LogP contribution in [-0.2, 0) is 41.0 Å². The molecule has 0 aliphatic carbocycles. The molecule has 2 amide bonds. The predicted molar refractivity (Wildman–Crippen MR) is 165 cm³/mol. The number of fused-ring (bicyclic) bond motifs is 1. The lowest BCUT2D eigenvalue weighted by molar-refractivity contribution is -0.139. The molecule has 230 valence electrons. The van der Waals surface area contributed by atoms with Crippen LogP contribution in [-0.4, -0.2) is 51.4 Å². The number of nitrogens with two attached hydrogens (primary N) is 1. The van der Waals surface area contributed by atoms with Crippen molar-refractivity contribution in [2.45, 2.75) is 44.8 Å². The Morgan fingerprint density at radius 1 is 1.02 bits per heavy atom. The first kappa shape index (κ1) is 31.7. The highest BCUT2D eigenvalue weighted by molar-refractivity contribution is 5.99. The van der Waals surface area contributed by atoms with Crippen molar-refractivity contribution in [3.63, 3.8) is 0 Å². The lowest BCUT2D eigenvalue weighted by atomic mass is 10.1. The topological polar surface area (TPSA) is 170 Å². The fourth-order valence-corrected chi connectivity index (χ4v) is 4.67. The normalized spacial score (nSPS) is 11.8. The molecule has 12 nitrogen and oxygen atoms in total. The molecular formula is C32H36N6O6. The molecule has 0 radical (unpaired) electrons. The van der Waals surface area contributed by atoms with E-state index in [4.69, 9.17) is 15.6 Å². The Morgan fingerprint density at radius 3 is 2.52 bits per heavy atom. The molecule has 1 heterocycles. The molecule has 3 aromatic carbocycles. The van der Waals surface area contributed by atoms with E-state index < -0.39 is 24.0 Å². The molecule has 4 aromatic rings. The van der Waals surface area contributed by atoms with Gasteiger partial charge in [-0.1, -0.05) is 59.8 Å². The number of rotatable bonds is 15. The van der Waals surface area contributed by atoms with Gasteiger partial charge in [-0.15, -0.1) is 5.90 Å². The van der Waals surface area contributed by atoms with Crippen LogP contribution in [0.1, 0.15) is 52.1 Å². The van der Waals surface area contributed by atoms with E-state index in [0.29, 0.717) is 36.9 Å². The maximum atomic E-state index is 13.0. The highest BCUT2D eigenvalue weighted by Crippen LogP contribution is 2.19. The fraction of sp³-hybridized carbons (Fsp3) is 0.281. The van der Waals surface area contributed by atoms with Gasteiger partial charge in [-0.05, 0) is 60.6 Å². The summed E-state index contributed by atoms with van der Waals surface area (Å²) in [5, 5.41) is 18.5. The highest BCUT2D eigenvalue weighted by atomic mass is 16.7. The summed E-state index contributed by atoms with van der Waals surface area (Å²) in [6.45, 7) is 0.500. The smallest absolute Gasteiger partial charge is 0.407 e. The standard InChI is InChI=1S/C32H36N6O6/c1-38-28-16-15-25(19-27(28)36-29(38)17-14-22-10-12-23(13-11-22)20-35-44-33)30(39)37-26(31(40)41)9-5-6-18-34-32(42)43-21-24-7-3-2-4-8-24/h2-4,7-8,10-13,15-16,19-20,26H,5-6,9,14,17-18,21,33H2,1H3,(H,34,42)(H,37,39)(H,40,41). The number of aromatic nitrogens is 2. The Hall–Kier alpha value is -5.23. The Kier molecular flexibility index (Phi) is 11.4. The van der Waals surface area contributed by atoms with Crippen molar-refractivity contribution in [2.75, 3.05) is 6.54 Å². The number of ether oxygens (including phenoxy) is 1. The molecule has 0 bridgehead atoms. The van der Waals surface area contributed by atoms with E-state index in [9.17, 15) is 19.5 Å². The number of nitrogens with zero attached hydrogens (tertiary/aromatic N) is 3. The van der Waals surface area contributed by atoms with Crippen LogP contribution in [0.4, 0.5) is 4.79 Å². The van der Waals surface area contributed by atoms with E-state index in [-0.39, 0.29) is 13.0 Å². The third-order valence-corrected chi connectivity index (χ3v) is 7.12. The Labute approximate surface area is 254 Å². The van der Waals surface area contributed by atoms with E-state index in [1.165, 1.54) is 6.21 Å². The largest absolute Gasteiger partial charge is 0.480 e. The van der Waals surface area contributed by atoms with Gasteiger partial charge in [0.05, 0.1) is 17.2 Å². The summed E-state index contributed by atoms with van der Waals surface area (Å²) in [7, 11) is 1.93. The fourth-order valence-electron chi connectivity index (χ4n) is 4.67. The first-order valence-electron chi connectivity index (χ1n) is 14.3. The lowest BCUT2D eigenvalue weighted by Gasteiger charge is -2.15. The van der Waals surface area contributed by atoms with Crippen LogP contribution >= 0.6 is 0 Å². The summed E-state index contributed by atoms with van der Waals surface area (Å²) in [5.41, 5.74) is 4.73. The van der Waals surface area contributed by atoms with Gasteiger partial charge in [-0.2, -0.15) is 0 Å². The Bertz CT molecular complexity index is 1590. The maximum absolute atomic E-state index is 13.0. The van der Waals surface area contributed by atoms with Crippen LogP contribution in [0.3, 0.4) is 0 Å². The number of hydrogen-bond acceptors (Lipinski definition) is 8. The number of imidazole rings is 1. The molecule has 1 unspecified atom stereocenters. The number of carboxylic acids is 1. The molecule has 4 rings (SSSR count). The number of oxime groups is 1. The number of hydrogen-bond donors (Lipinski definition) is 4. The van der Waals surface area contributed by atoms with Crippen molar-refractivity contribution in [1.82, 2.24) is 20.2 Å². The SMILES string of the molecule is Cn1c(CCc2ccc(C=NON)cc2)nc2cc(C(=O)NC(CCCCNC(=O)OCc3ccccc3)C(=O)O)ccc21. The van der Waals surface area contributed by atoms with E-state index in [1.807, 2.05) is 72.3 Å². The van der Waals surface area contributed by atoms with Gasteiger partial charge in [0, 0.05) is 25.6 Å². The molecule has 44 heavy (non-hydrogen) atoms. The number of carbonyl (C=O) groups excluding carboxylic acids is 2. The highest BCUT2D eigenvalue weighted by Gasteiger charge is 2.21. The van der Waals surface area contributed by atoms with Crippen molar-refractivity contribution < 1.29 is 29.2 Å². The average Bonchev–Trinajstić information content (AvgIpc) is 3.36. The molecule has 5 N–H and O–H groups in total. The number of alkyl carbamates (subject to hydrolysis) is 1. The zero-order chi connectivity index (χ0) is 31.3. The molecule has 0 saturated heterocycles. The van der Waals surface area contributed by atoms with Gasteiger partial charge in [0.15, 0.2) is 0 Å². The van der Waals surface area contributed by atoms with Gasteiger partial charge >= 0.3 is 12.1 Å². The zero-order valence-corrected chi connectivity index (χ0v) is 24.4. The second-order valence-electron chi connectivity index (χ2n) is 10.2. The summed E-state index contributed by atoms with van der Waals surface area (Å²) in [5.74, 6) is 4.16. The molecule has 12 heteroatoms. The van der Waals surface area contributed by atoms with Gasteiger partial charge in [-0.25, -0.2) is 14.6 Å². The molecule has 0 fully saturated rings. The maximum Gasteiger partial charge on any atom is 0.407 e. The molecular weight excluding hydrogens is 564 g/mol. The van der Waals surface area contributed by atoms with Crippen LogP contribution in [0.5, 0.6) is 0 Å². The lowest BCUT2D eigenvalue weighted by Crippen LogP contribution is -2.40. The molecule has 1 atom stereocenters. The number of carboxylic acid groups (broad SMARTS) is 1. The van der Waals surface area contributed by atoms with Crippen molar-refractivity contribution in [2.24, 2.45) is 18.1 Å². The van der Waals surface area contributed by atoms with Gasteiger partial charge in [0.2, 0.25) is 0 Å². The average molecular weight is 601 g/mol. The second kappa shape index (κ2) is 15.8. The van der Waals surface area contributed by atoms with Crippen LogP contribution in [0.25, 0.3) is 11.0 Å². The summed E-state index contributed by atoms with van der Waals surface area (Å²) in [6, 6.07) is 21.3. The summed E-state index contributed by atoms with van der Waals surface area (Å²) >= 11 is 0. The number of nitrogens with one attached hydrogen (secondary N) is 2. The Balaban J connectivity index is 1.25.